The highest BCUT2D eigenvalue weighted by atomic mass is 16.5. The fourth-order valence-electron chi connectivity index (χ4n) is 8.27. The first-order chi connectivity index (χ1) is 24.4. The van der Waals surface area contributed by atoms with Crippen molar-refractivity contribution in [3.8, 4) is 0 Å². The molecule has 0 saturated carbocycles. The molecule has 3 rings (SSSR count). The number of nitrogens with zero attached hydrogens (tertiary/aromatic N) is 2. The van der Waals surface area contributed by atoms with Crippen molar-refractivity contribution >= 4 is 29.4 Å². The number of hydrogen-bond donors (Lipinski definition) is 1. The van der Waals surface area contributed by atoms with Crippen molar-refractivity contribution < 1.29 is 38.2 Å². The minimum atomic E-state index is -1.05. The molecular formula is C41H65N3O8. The number of rotatable bonds is 20. The number of amides is 2. The first-order valence-corrected chi connectivity index (χ1v) is 19.0. The van der Waals surface area contributed by atoms with E-state index in [1.54, 1.807) is 44.9 Å². The summed E-state index contributed by atoms with van der Waals surface area (Å²) in [6.07, 6.45) is 1.81. The summed E-state index contributed by atoms with van der Waals surface area (Å²) in [7, 11) is 6.21. The van der Waals surface area contributed by atoms with E-state index < -0.39 is 47.5 Å². The molecule has 11 nitrogen and oxygen atoms in total. The lowest BCUT2D eigenvalue weighted by Gasteiger charge is -2.41. The van der Waals surface area contributed by atoms with Gasteiger partial charge in [0.15, 0.2) is 5.78 Å². The molecule has 1 aromatic carbocycles. The number of likely N-dealkylation sites (N-methyl/N-ethyl adjacent to an activating group) is 1. The van der Waals surface area contributed by atoms with Crippen LogP contribution in [0.3, 0.4) is 0 Å². The van der Waals surface area contributed by atoms with Crippen LogP contribution in [0.2, 0.25) is 0 Å². The lowest BCUT2D eigenvalue weighted by atomic mass is 9.68. The topological polar surface area (TPSA) is 146 Å². The van der Waals surface area contributed by atoms with Crippen LogP contribution in [0.5, 0.6) is 0 Å². The van der Waals surface area contributed by atoms with Gasteiger partial charge in [-0.3, -0.25) is 24.0 Å². The number of benzene rings is 1. The van der Waals surface area contributed by atoms with Gasteiger partial charge >= 0.3 is 5.97 Å². The van der Waals surface area contributed by atoms with E-state index in [1.165, 1.54) is 12.7 Å². The standard InChI is InChI=1S/C41H65N3O8/c1-12-25(4)37(43(8)39(48)29(24(2)3)22-35(46)41(6,7)42)34(50-9)23-36(47)44-19-15-18-32(44)38(51-10)26(5)33(45)21-31(40(49)52-11)30-20-27-16-13-14-17-28(27)30/h13-14,16-17,24-26,29-32,34,37-38H,12,15,18-23,42H2,1-11H3/t25-,26-,29-,30+,31+,32-,34+,37-,38+/m0/s1. The molecule has 1 aromatic rings. The van der Waals surface area contributed by atoms with Crippen LogP contribution in [0.1, 0.15) is 104 Å². The second kappa shape index (κ2) is 18.7. The molecule has 1 fully saturated rings. The summed E-state index contributed by atoms with van der Waals surface area (Å²) in [5, 5.41) is 0. The largest absolute Gasteiger partial charge is 0.469 e. The van der Waals surface area contributed by atoms with Gasteiger partial charge in [0.05, 0.1) is 49.3 Å². The van der Waals surface area contributed by atoms with Crippen LogP contribution < -0.4 is 5.73 Å². The van der Waals surface area contributed by atoms with Crippen LogP contribution in [-0.4, -0.2) is 104 Å². The molecule has 1 aliphatic carbocycles. The van der Waals surface area contributed by atoms with Crippen molar-refractivity contribution in [1.29, 1.82) is 0 Å². The summed E-state index contributed by atoms with van der Waals surface area (Å²) >= 11 is 0. The fourth-order valence-corrected chi connectivity index (χ4v) is 8.27. The van der Waals surface area contributed by atoms with E-state index in [-0.39, 0.29) is 66.4 Å². The van der Waals surface area contributed by atoms with Crippen LogP contribution in [-0.2, 0) is 44.6 Å². The molecule has 1 aliphatic heterocycles. The average Bonchev–Trinajstić information content (AvgIpc) is 3.58. The highest BCUT2D eigenvalue weighted by molar-refractivity contribution is 5.92. The number of carbonyl (C=O) groups is 5. The van der Waals surface area contributed by atoms with Gasteiger partial charge < -0.3 is 29.7 Å². The van der Waals surface area contributed by atoms with Gasteiger partial charge in [0, 0.05) is 58.4 Å². The molecule has 52 heavy (non-hydrogen) atoms. The summed E-state index contributed by atoms with van der Waals surface area (Å²) < 4.78 is 17.1. The average molecular weight is 728 g/mol. The van der Waals surface area contributed by atoms with Gasteiger partial charge in [-0.15, -0.1) is 0 Å². The van der Waals surface area contributed by atoms with Gasteiger partial charge in [-0.2, -0.15) is 0 Å². The van der Waals surface area contributed by atoms with Gasteiger partial charge in [-0.25, -0.2) is 0 Å². The summed E-state index contributed by atoms with van der Waals surface area (Å²) in [5.41, 5.74) is 7.30. The number of ketones is 2. The third-order valence-corrected chi connectivity index (χ3v) is 11.9. The van der Waals surface area contributed by atoms with E-state index in [0.717, 1.165) is 24.8 Å². The second-order valence-electron chi connectivity index (χ2n) is 16.1. The monoisotopic (exact) mass is 727 g/mol. The van der Waals surface area contributed by atoms with Crippen LogP contribution >= 0.6 is 0 Å². The summed E-state index contributed by atoms with van der Waals surface area (Å²) in [4.78, 5) is 71.4. The van der Waals surface area contributed by atoms with Gasteiger partial charge in [-0.1, -0.05) is 65.3 Å². The molecule has 1 saturated heterocycles. The first-order valence-electron chi connectivity index (χ1n) is 19.0. The highest BCUT2D eigenvalue weighted by Crippen LogP contribution is 2.43. The predicted molar refractivity (Wildman–Crippen MR) is 200 cm³/mol. The van der Waals surface area contributed by atoms with Crippen molar-refractivity contribution in [2.45, 2.75) is 129 Å². The molecule has 0 unspecified atom stereocenters. The predicted octanol–water partition coefficient (Wildman–Crippen LogP) is 4.96. The number of carbonyl (C=O) groups excluding carboxylic acids is 5. The lowest BCUT2D eigenvalue weighted by molar-refractivity contribution is -0.150. The van der Waals surface area contributed by atoms with Crippen LogP contribution in [0.15, 0.2) is 24.3 Å². The van der Waals surface area contributed by atoms with Crippen LogP contribution in [0, 0.1) is 29.6 Å². The highest BCUT2D eigenvalue weighted by Gasteiger charge is 2.45. The number of Topliss-reactive ketones (excluding diaryl/α,β-unsaturated/α-hetero) is 2. The quantitative estimate of drug-likeness (QED) is 0.184. The smallest absolute Gasteiger partial charge is 0.309 e. The summed E-state index contributed by atoms with van der Waals surface area (Å²) in [6.45, 7) is 13.6. The van der Waals surface area contributed by atoms with Crippen molar-refractivity contribution in [2.24, 2.45) is 35.3 Å². The van der Waals surface area contributed by atoms with E-state index in [1.807, 2.05) is 58.9 Å². The van der Waals surface area contributed by atoms with Gasteiger partial charge in [0.2, 0.25) is 11.8 Å². The van der Waals surface area contributed by atoms with Crippen molar-refractivity contribution in [3.63, 3.8) is 0 Å². The molecule has 0 aromatic heterocycles. The van der Waals surface area contributed by atoms with E-state index >= 15 is 0 Å². The Hall–Kier alpha value is -3.15. The maximum atomic E-state index is 14.2. The fraction of sp³-hybridized carbons (Fsp3) is 0.732. The maximum absolute atomic E-state index is 14.2. The minimum Gasteiger partial charge on any atom is -0.469 e. The molecule has 9 atom stereocenters. The Morgan fingerprint density at radius 1 is 0.981 bits per heavy atom. The zero-order valence-electron chi connectivity index (χ0n) is 33.5. The zero-order valence-corrected chi connectivity index (χ0v) is 33.5. The molecule has 2 aliphatic rings. The molecule has 0 radical (unpaired) electrons. The normalized spacial score (nSPS) is 21.2. The van der Waals surface area contributed by atoms with Crippen molar-refractivity contribution in [3.05, 3.63) is 35.4 Å². The van der Waals surface area contributed by atoms with Crippen LogP contribution in [0.25, 0.3) is 0 Å². The van der Waals surface area contributed by atoms with E-state index in [2.05, 4.69) is 0 Å². The minimum absolute atomic E-state index is 0.00899. The van der Waals surface area contributed by atoms with Crippen molar-refractivity contribution in [1.82, 2.24) is 9.80 Å². The molecule has 292 valence electrons. The SMILES string of the molecule is CC[C@H](C)[C@@H]([C@@H](CC(=O)N1CCC[C@H]1[C@H](OC)[C@@H](C)C(=O)C[C@@H](C(=O)OC)[C@@H]1Cc2ccccc21)OC)N(C)C(=O)[C@@H](CC(=O)C(C)(C)N)C(C)C. The number of methoxy groups -OCH3 is 3. The summed E-state index contributed by atoms with van der Waals surface area (Å²) in [6, 6.07) is 7.20. The Morgan fingerprint density at radius 2 is 1.63 bits per heavy atom. The van der Waals surface area contributed by atoms with Gasteiger partial charge in [0.1, 0.15) is 5.78 Å². The Morgan fingerprint density at radius 3 is 2.17 bits per heavy atom. The summed E-state index contributed by atoms with van der Waals surface area (Å²) in [5.74, 6) is -2.91. The Balaban J connectivity index is 1.78. The third-order valence-electron chi connectivity index (χ3n) is 11.9. The zero-order chi connectivity index (χ0) is 39.1. The Labute approximate surface area is 311 Å². The number of ether oxygens (including phenoxy) is 3. The van der Waals surface area contributed by atoms with E-state index in [9.17, 15) is 24.0 Å². The molecule has 2 N–H and O–H groups in total. The first kappa shape index (κ1) is 43.3. The van der Waals surface area contributed by atoms with Gasteiger partial charge in [-0.05, 0) is 56.1 Å². The van der Waals surface area contributed by atoms with Gasteiger partial charge in [0.25, 0.3) is 0 Å². The Bertz CT molecular complexity index is 1410. The molecule has 2 amide bonds. The molecule has 0 bridgehead atoms. The maximum Gasteiger partial charge on any atom is 0.309 e. The Kier molecular flexibility index (Phi) is 15.6. The number of likely N-dealkylation sites (tertiary alicyclic amines) is 1. The van der Waals surface area contributed by atoms with Crippen LogP contribution in [0.4, 0.5) is 0 Å². The second-order valence-corrected chi connectivity index (χ2v) is 16.1. The van der Waals surface area contributed by atoms with E-state index in [0.29, 0.717) is 13.0 Å². The third kappa shape index (κ3) is 9.88. The number of fused-ring (bicyclic) bond motifs is 1. The molecule has 1 heterocycles. The molecule has 11 heteroatoms. The molecule has 0 spiro atoms. The number of esters is 1. The number of nitrogens with two attached hydrogens (primary N) is 1. The number of hydrogen-bond acceptors (Lipinski definition) is 9. The molecular weight excluding hydrogens is 662 g/mol. The lowest BCUT2D eigenvalue weighted by Crippen LogP contribution is -2.54. The van der Waals surface area contributed by atoms with Crippen molar-refractivity contribution in [2.75, 3.05) is 34.9 Å². The van der Waals surface area contributed by atoms with E-state index in [4.69, 9.17) is 19.9 Å².